The third kappa shape index (κ3) is 6.33. The zero-order valence-corrected chi connectivity index (χ0v) is 11.0. The van der Waals surface area contributed by atoms with E-state index in [1.54, 1.807) is 6.92 Å². The molecule has 0 aromatic heterocycles. The molecule has 3 nitrogen and oxygen atoms in total. The van der Waals surface area contributed by atoms with Gasteiger partial charge in [0.2, 0.25) is 5.91 Å². The van der Waals surface area contributed by atoms with Crippen molar-refractivity contribution in [1.82, 2.24) is 5.32 Å². The van der Waals surface area contributed by atoms with E-state index in [-0.39, 0.29) is 24.4 Å². The molecule has 1 saturated carbocycles. The topological polar surface area (TPSA) is 55.1 Å². The Morgan fingerprint density at radius 1 is 1.25 bits per heavy atom. The maximum Gasteiger partial charge on any atom is 0.236 e. The lowest BCUT2D eigenvalue weighted by Crippen LogP contribution is -2.40. The van der Waals surface area contributed by atoms with Crippen molar-refractivity contribution in [1.29, 1.82) is 0 Å². The molecule has 1 amide bonds. The lowest BCUT2D eigenvalue weighted by molar-refractivity contribution is -0.122. The minimum atomic E-state index is -0.376. The summed E-state index contributed by atoms with van der Waals surface area (Å²) >= 11 is 0. The highest BCUT2D eigenvalue weighted by Crippen LogP contribution is 2.21. The van der Waals surface area contributed by atoms with Gasteiger partial charge >= 0.3 is 0 Å². The SMILES string of the molecule is C[C@@H](N)C(=O)NCC1CCCCCCC1.Cl. The number of halogens is 1. The normalized spacial score (nSPS) is 20.1. The lowest BCUT2D eigenvalue weighted by atomic mass is 9.91. The molecule has 4 heteroatoms. The smallest absolute Gasteiger partial charge is 0.236 e. The van der Waals surface area contributed by atoms with Crippen molar-refractivity contribution in [2.24, 2.45) is 11.7 Å². The Balaban J connectivity index is 0.00000225. The molecule has 1 fully saturated rings. The zero-order chi connectivity index (χ0) is 11.1. The molecule has 1 aliphatic rings. The summed E-state index contributed by atoms with van der Waals surface area (Å²) < 4.78 is 0. The Morgan fingerprint density at radius 2 is 1.75 bits per heavy atom. The molecule has 0 aliphatic heterocycles. The van der Waals surface area contributed by atoms with E-state index in [0.717, 1.165) is 6.54 Å². The minimum absolute atomic E-state index is 0. The second-order valence-electron chi connectivity index (χ2n) is 4.74. The molecule has 0 aromatic carbocycles. The van der Waals surface area contributed by atoms with Crippen LogP contribution >= 0.6 is 12.4 Å². The van der Waals surface area contributed by atoms with E-state index in [1.807, 2.05) is 0 Å². The first-order chi connectivity index (χ1) is 7.20. The van der Waals surface area contributed by atoms with Crippen molar-refractivity contribution >= 4 is 18.3 Å². The van der Waals surface area contributed by atoms with Gasteiger partial charge in [-0.3, -0.25) is 4.79 Å². The second kappa shape index (κ2) is 8.82. The number of nitrogens with two attached hydrogens (primary N) is 1. The summed E-state index contributed by atoms with van der Waals surface area (Å²) in [6, 6.07) is -0.376. The summed E-state index contributed by atoms with van der Waals surface area (Å²) in [5.41, 5.74) is 5.50. The number of hydrogen-bond donors (Lipinski definition) is 2. The minimum Gasteiger partial charge on any atom is -0.354 e. The highest BCUT2D eigenvalue weighted by molar-refractivity contribution is 5.85. The number of nitrogens with one attached hydrogen (secondary N) is 1. The largest absolute Gasteiger partial charge is 0.354 e. The summed E-state index contributed by atoms with van der Waals surface area (Å²) in [4.78, 5) is 11.3. The van der Waals surface area contributed by atoms with E-state index in [0.29, 0.717) is 5.92 Å². The van der Waals surface area contributed by atoms with Gasteiger partial charge in [-0.1, -0.05) is 32.1 Å². The fourth-order valence-electron chi connectivity index (χ4n) is 2.15. The number of carbonyl (C=O) groups is 1. The third-order valence-electron chi connectivity index (χ3n) is 3.20. The average Bonchev–Trinajstić information content (AvgIpc) is 2.15. The summed E-state index contributed by atoms with van der Waals surface area (Å²) in [6.07, 6.45) is 9.27. The maximum atomic E-state index is 11.3. The predicted octanol–water partition coefficient (Wildman–Crippen LogP) is 2.23. The third-order valence-corrected chi connectivity index (χ3v) is 3.20. The van der Waals surface area contributed by atoms with Crippen LogP contribution in [0.5, 0.6) is 0 Å². The molecule has 0 bridgehead atoms. The Labute approximate surface area is 105 Å². The predicted molar refractivity (Wildman–Crippen MR) is 69.7 cm³/mol. The Morgan fingerprint density at radius 3 is 2.25 bits per heavy atom. The molecule has 0 unspecified atom stereocenters. The Bertz CT molecular complexity index is 189. The van der Waals surface area contributed by atoms with Crippen LogP contribution in [0.1, 0.15) is 51.9 Å². The molecule has 0 heterocycles. The van der Waals surface area contributed by atoms with Gasteiger partial charge in [0.15, 0.2) is 0 Å². The van der Waals surface area contributed by atoms with Crippen LogP contribution in [0.3, 0.4) is 0 Å². The summed E-state index contributed by atoms with van der Waals surface area (Å²) in [7, 11) is 0. The Hall–Kier alpha value is -0.280. The van der Waals surface area contributed by atoms with Crippen molar-refractivity contribution in [3.8, 4) is 0 Å². The van der Waals surface area contributed by atoms with Gasteiger partial charge in [0.05, 0.1) is 6.04 Å². The second-order valence-corrected chi connectivity index (χ2v) is 4.74. The van der Waals surface area contributed by atoms with Gasteiger partial charge in [0.25, 0.3) is 0 Å². The van der Waals surface area contributed by atoms with Crippen LogP contribution < -0.4 is 11.1 Å². The van der Waals surface area contributed by atoms with E-state index in [2.05, 4.69) is 5.32 Å². The molecule has 3 N–H and O–H groups in total. The molecular weight excluding hydrogens is 224 g/mol. The van der Waals surface area contributed by atoms with Crippen LogP contribution in [0, 0.1) is 5.92 Å². The van der Waals surface area contributed by atoms with Crippen LogP contribution in [0.25, 0.3) is 0 Å². The summed E-state index contributed by atoms with van der Waals surface area (Å²) in [5, 5.41) is 2.94. The first kappa shape index (κ1) is 15.7. The van der Waals surface area contributed by atoms with Crippen LogP contribution in [0.15, 0.2) is 0 Å². The lowest BCUT2D eigenvalue weighted by Gasteiger charge is -2.20. The fraction of sp³-hybridized carbons (Fsp3) is 0.917. The van der Waals surface area contributed by atoms with Gasteiger partial charge in [-0.05, 0) is 25.7 Å². The van der Waals surface area contributed by atoms with Crippen molar-refractivity contribution in [3.05, 3.63) is 0 Å². The first-order valence-electron chi connectivity index (χ1n) is 6.23. The molecule has 1 aliphatic carbocycles. The van der Waals surface area contributed by atoms with E-state index >= 15 is 0 Å². The number of rotatable bonds is 3. The van der Waals surface area contributed by atoms with E-state index in [9.17, 15) is 4.79 Å². The van der Waals surface area contributed by atoms with E-state index in [4.69, 9.17) is 5.73 Å². The van der Waals surface area contributed by atoms with Gasteiger partial charge < -0.3 is 11.1 Å². The molecule has 0 radical (unpaired) electrons. The molecule has 1 rings (SSSR count). The first-order valence-corrected chi connectivity index (χ1v) is 6.23. The van der Waals surface area contributed by atoms with Gasteiger partial charge in [-0.15, -0.1) is 12.4 Å². The van der Waals surface area contributed by atoms with Crippen molar-refractivity contribution in [3.63, 3.8) is 0 Å². The molecule has 0 saturated heterocycles. The van der Waals surface area contributed by atoms with E-state index in [1.165, 1.54) is 44.9 Å². The molecule has 0 aromatic rings. The van der Waals surface area contributed by atoms with Crippen LogP contribution in [0.2, 0.25) is 0 Å². The van der Waals surface area contributed by atoms with Crippen molar-refractivity contribution in [2.45, 2.75) is 57.9 Å². The van der Waals surface area contributed by atoms with Gasteiger partial charge in [0, 0.05) is 6.54 Å². The molecule has 0 spiro atoms. The Kier molecular flexibility index (Phi) is 8.67. The number of amides is 1. The van der Waals surface area contributed by atoms with Gasteiger partial charge in [-0.25, -0.2) is 0 Å². The summed E-state index contributed by atoms with van der Waals surface area (Å²) in [6.45, 7) is 2.55. The highest BCUT2D eigenvalue weighted by Gasteiger charge is 2.13. The highest BCUT2D eigenvalue weighted by atomic mass is 35.5. The molecule has 96 valence electrons. The molecular formula is C12H25ClN2O. The number of carbonyl (C=O) groups excluding carboxylic acids is 1. The van der Waals surface area contributed by atoms with E-state index < -0.39 is 0 Å². The number of hydrogen-bond acceptors (Lipinski definition) is 2. The molecule has 1 atom stereocenters. The molecule has 16 heavy (non-hydrogen) atoms. The summed E-state index contributed by atoms with van der Waals surface area (Å²) in [5.74, 6) is 0.657. The average molecular weight is 249 g/mol. The van der Waals surface area contributed by atoms with Crippen LogP contribution in [-0.2, 0) is 4.79 Å². The van der Waals surface area contributed by atoms with Gasteiger partial charge in [0.1, 0.15) is 0 Å². The van der Waals surface area contributed by atoms with Crippen molar-refractivity contribution in [2.75, 3.05) is 6.54 Å². The monoisotopic (exact) mass is 248 g/mol. The quantitative estimate of drug-likeness (QED) is 0.805. The van der Waals surface area contributed by atoms with Gasteiger partial charge in [-0.2, -0.15) is 0 Å². The standard InChI is InChI=1S/C12H24N2O.ClH/c1-10(13)12(15)14-9-11-7-5-3-2-4-6-8-11;/h10-11H,2-9,13H2,1H3,(H,14,15);1H/t10-;/m1./s1. The fourth-order valence-corrected chi connectivity index (χ4v) is 2.15. The zero-order valence-electron chi connectivity index (χ0n) is 10.2. The van der Waals surface area contributed by atoms with Crippen LogP contribution in [-0.4, -0.2) is 18.5 Å². The maximum absolute atomic E-state index is 11.3. The van der Waals surface area contributed by atoms with Crippen molar-refractivity contribution < 1.29 is 4.79 Å². The van der Waals surface area contributed by atoms with Crippen LogP contribution in [0.4, 0.5) is 0 Å².